The Morgan fingerprint density at radius 1 is 1.17 bits per heavy atom. The minimum absolute atomic E-state index is 0.226. The number of methoxy groups -OCH3 is 3. The number of anilines is 1. The maximum Gasteiger partial charge on any atom is 0.247 e. The summed E-state index contributed by atoms with van der Waals surface area (Å²) < 4.78 is 16.0. The summed E-state index contributed by atoms with van der Waals surface area (Å²) in [6, 6.07) is 3.41. The Morgan fingerprint density at radius 2 is 1.88 bits per heavy atom. The van der Waals surface area contributed by atoms with Crippen molar-refractivity contribution in [3.63, 3.8) is 0 Å². The average molecular weight is 601 g/mol. The highest BCUT2D eigenvalue weighted by atomic mass is 35.5. The van der Waals surface area contributed by atoms with E-state index in [1.807, 2.05) is 0 Å². The molecule has 0 bridgehead atoms. The minimum Gasteiger partial charge on any atom is -0.495 e. The number of fused-ring (bicyclic) bond motifs is 1. The Hall–Kier alpha value is -3.93. The summed E-state index contributed by atoms with van der Waals surface area (Å²) in [5, 5.41) is 7.33. The highest BCUT2D eigenvalue weighted by Crippen LogP contribution is 2.46. The number of nitrogens with two attached hydrogens (primary N) is 1. The van der Waals surface area contributed by atoms with Gasteiger partial charge in [0.2, 0.25) is 5.91 Å². The third-order valence-corrected chi connectivity index (χ3v) is 7.04. The van der Waals surface area contributed by atoms with Gasteiger partial charge in [0.1, 0.15) is 22.7 Å². The number of aromatic nitrogens is 3. The van der Waals surface area contributed by atoms with E-state index in [4.69, 9.17) is 53.1 Å². The van der Waals surface area contributed by atoms with Crippen LogP contribution in [-0.4, -0.2) is 67.6 Å². The molecular formula is C28H31Cl2N7O4. The topological polar surface area (TPSA) is 146 Å². The molecule has 0 saturated heterocycles. The van der Waals surface area contributed by atoms with E-state index in [1.54, 1.807) is 25.4 Å². The molecular weight excluding hydrogens is 569 g/mol. The standard InChI is InChI=1S/C28H31Cl2N7O4/c1-5-21(38)35-18(12-31)26(32-8-9-39-2)28-34-14-16-10-17(36-27(25(16)37-28)33-13-15-6-7-15)22-23(29)19(40-3)11-20(41-4)24(22)30/h5,10-12,14-15H,1,6-9,13,31H2,2-4H3,(H,33,36)(H,35,38). The summed E-state index contributed by atoms with van der Waals surface area (Å²) in [5.74, 6) is 1.62. The van der Waals surface area contributed by atoms with Crippen LogP contribution in [0.2, 0.25) is 10.0 Å². The molecule has 216 valence electrons. The molecule has 1 aliphatic carbocycles. The molecule has 0 radical (unpaired) electrons. The second-order valence-electron chi connectivity index (χ2n) is 9.09. The summed E-state index contributed by atoms with van der Waals surface area (Å²) >= 11 is 13.4. The minimum atomic E-state index is -0.456. The highest BCUT2D eigenvalue weighted by Gasteiger charge is 2.25. The van der Waals surface area contributed by atoms with E-state index >= 15 is 0 Å². The molecule has 1 fully saturated rings. The van der Waals surface area contributed by atoms with Crippen LogP contribution in [0.15, 0.2) is 47.9 Å². The van der Waals surface area contributed by atoms with E-state index in [-0.39, 0.29) is 23.8 Å². The monoisotopic (exact) mass is 599 g/mol. The molecule has 0 aliphatic heterocycles. The first kappa shape index (κ1) is 30.0. The number of hydrogen-bond acceptors (Lipinski definition) is 10. The Labute approximate surface area is 247 Å². The molecule has 0 unspecified atom stereocenters. The number of allylic oxidation sites excluding steroid dienone is 1. The van der Waals surface area contributed by atoms with Crippen LogP contribution in [0.4, 0.5) is 5.82 Å². The molecule has 2 heterocycles. The van der Waals surface area contributed by atoms with Gasteiger partial charge in [0.25, 0.3) is 0 Å². The fourth-order valence-corrected chi connectivity index (χ4v) is 4.66. The van der Waals surface area contributed by atoms with E-state index in [1.165, 1.54) is 20.4 Å². The second-order valence-corrected chi connectivity index (χ2v) is 9.85. The summed E-state index contributed by atoms with van der Waals surface area (Å²) in [4.78, 5) is 30.9. The number of aliphatic imine (C=N–C) groups is 1. The first-order chi connectivity index (χ1) is 19.8. The van der Waals surface area contributed by atoms with Crippen LogP contribution in [-0.2, 0) is 9.53 Å². The van der Waals surface area contributed by atoms with Crippen molar-refractivity contribution >= 4 is 51.5 Å². The summed E-state index contributed by atoms with van der Waals surface area (Å²) in [5.41, 5.74) is 7.83. The number of nitrogens with one attached hydrogen (secondary N) is 2. The second kappa shape index (κ2) is 13.6. The number of carbonyl (C=O) groups is 1. The van der Waals surface area contributed by atoms with E-state index in [0.29, 0.717) is 68.6 Å². The zero-order valence-electron chi connectivity index (χ0n) is 23.0. The molecule has 2 aromatic heterocycles. The predicted octanol–water partition coefficient (Wildman–Crippen LogP) is 4.38. The quantitative estimate of drug-likeness (QED) is 0.148. The van der Waals surface area contributed by atoms with Crippen molar-refractivity contribution in [2.24, 2.45) is 16.6 Å². The number of hydrogen-bond donors (Lipinski definition) is 3. The van der Waals surface area contributed by atoms with E-state index in [2.05, 4.69) is 27.2 Å². The molecule has 4 N–H and O–H groups in total. The van der Waals surface area contributed by atoms with Gasteiger partial charge in [0.05, 0.1) is 48.8 Å². The van der Waals surface area contributed by atoms with E-state index < -0.39 is 5.91 Å². The van der Waals surface area contributed by atoms with Crippen LogP contribution in [0.5, 0.6) is 11.5 Å². The van der Waals surface area contributed by atoms with Gasteiger partial charge in [-0.25, -0.2) is 15.0 Å². The Morgan fingerprint density at radius 3 is 2.46 bits per heavy atom. The van der Waals surface area contributed by atoms with Gasteiger partial charge >= 0.3 is 0 Å². The molecule has 0 atom stereocenters. The van der Waals surface area contributed by atoms with Gasteiger partial charge in [-0.1, -0.05) is 29.8 Å². The number of halogens is 2. The molecule has 41 heavy (non-hydrogen) atoms. The first-order valence-electron chi connectivity index (χ1n) is 12.8. The SMILES string of the molecule is C=CC(=O)NC(=CN)C(=NCCOC)c1ncc2cc(-c3c(Cl)c(OC)cc(OC)c3Cl)nc(NCC3CC3)c2n1. The van der Waals surface area contributed by atoms with Crippen molar-refractivity contribution in [1.29, 1.82) is 0 Å². The molecule has 1 saturated carbocycles. The number of ether oxygens (including phenoxy) is 3. The predicted molar refractivity (Wildman–Crippen MR) is 161 cm³/mol. The number of amides is 1. The van der Waals surface area contributed by atoms with Gasteiger partial charge in [0.15, 0.2) is 11.6 Å². The molecule has 0 spiro atoms. The van der Waals surface area contributed by atoms with Crippen LogP contribution in [0, 0.1) is 5.92 Å². The van der Waals surface area contributed by atoms with E-state index in [9.17, 15) is 4.79 Å². The van der Waals surface area contributed by atoms with Crippen molar-refractivity contribution in [3.05, 3.63) is 58.8 Å². The molecule has 1 aromatic carbocycles. The lowest BCUT2D eigenvalue weighted by Gasteiger charge is -2.17. The highest BCUT2D eigenvalue weighted by molar-refractivity contribution is 6.41. The normalized spacial score (nSPS) is 13.7. The van der Waals surface area contributed by atoms with Crippen LogP contribution < -0.4 is 25.8 Å². The van der Waals surface area contributed by atoms with Crippen molar-refractivity contribution in [1.82, 2.24) is 20.3 Å². The van der Waals surface area contributed by atoms with Crippen molar-refractivity contribution in [2.75, 3.05) is 46.3 Å². The van der Waals surface area contributed by atoms with Crippen molar-refractivity contribution < 1.29 is 19.0 Å². The lowest BCUT2D eigenvalue weighted by molar-refractivity contribution is -0.115. The molecule has 1 amide bonds. The van der Waals surface area contributed by atoms with Gasteiger partial charge in [-0.3, -0.25) is 9.79 Å². The lowest BCUT2D eigenvalue weighted by atomic mass is 10.1. The van der Waals surface area contributed by atoms with Gasteiger partial charge in [0, 0.05) is 43.1 Å². The lowest BCUT2D eigenvalue weighted by Crippen LogP contribution is -2.28. The third-order valence-electron chi connectivity index (χ3n) is 6.29. The molecule has 3 aromatic rings. The molecule has 1 aliphatic rings. The summed E-state index contributed by atoms with van der Waals surface area (Å²) in [6.45, 7) is 4.83. The van der Waals surface area contributed by atoms with Gasteiger partial charge in [-0.05, 0) is 30.9 Å². The number of benzene rings is 1. The molecule has 13 heteroatoms. The zero-order valence-corrected chi connectivity index (χ0v) is 24.5. The van der Waals surface area contributed by atoms with Crippen LogP contribution in [0.25, 0.3) is 22.2 Å². The van der Waals surface area contributed by atoms with Crippen molar-refractivity contribution in [2.45, 2.75) is 12.8 Å². The van der Waals surface area contributed by atoms with Crippen LogP contribution in [0.3, 0.4) is 0 Å². The number of pyridine rings is 1. The van der Waals surface area contributed by atoms with E-state index in [0.717, 1.165) is 18.9 Å². The number of nitrogens with zero attached hydrogens (tertiary/aromatic N) is 4. The van der Waals surface area contributed by atoms with Gasteiger partial charge in [-0.2, -0.15) is 0 Å². The van der Waals surface area contributed by atoms with Crippen LogP contribution in [0.1, 0.15) is 18.7 Å². The summed E-state index contributed by atoms with van der Waals surface area (Å²) in [6.07, 6.45) is 6.28. The maximum absolute atomic E-state index is 12.1. The first-order valence-corrected chi connectivity index (χ1v) is 13.5. The smallest absolute Gasteiger partial charge is 0.247 e. The Balaban J connectivity index is 1.89. The van der Waals surface area contributed by atoms with Crippen LogP contribution >= 0.6 is 23.2 Å². The number of rotatable bonds is 13. The zero-order chi connectivity index (χ0) is 29.5. The fraction of sp³-hybridized carbons (Fsp3) is 0.321. The summed E-state index contributed by atoms with van der Waals surface area (Å²) in [7, 11) is 4.59. The third kappa shape index (κ3) is 6.87. The average Bonchev–Trinajstić information content (AvgIpc) is 3.82. The molecule has 4 rings (SSSR count). The fourth-order valence-electron chi connectivity index (χ4n) is 3.97. The number of carbonyl (C=O) groups excluding carboxylic acids is 1. The Bertz CT molecular complexity index is 1500. The van der Waals surface area contributed by atoms with Gasteiger partial charge < -0.3 is 30.6 Å². The largest absolute Gasteiger partial charge is 0.495 e. The van der Waals surface area contributed by atoms with Gasteiger partial charge in [-0.15, -0.1) is 0 Å². The Kier molecular flexibility index (Phi) is 9.98. The van der Waals surface area contributed by atoms with Crippen molar-refractivity contribution in [3.8, 4) is 22.8 Å². The molecule has 11 nitrogen and oxygen atoms in total. The maximum atomic E-state index is 12.1.